The minimum Gasteiger partial charge on any atom is -0.353 e. The summed E-state index contributed by atoms with van der Waals surface area (Å²) >= 11 is 9.57. The average Bonchev–Trinajstić information content (AvgIpc) is 3.10. The Labute approximate surface area is 155 Å². The maximum absolute atomic E-state index is 13.0. The summed E-state index contributed by atoms with van der Waals surface area (Å²) in [7, 11) is 0. The van der Waals surface area contributed by atoms with Gasteiger partial charge in [-0.3, -0.25) is 14.5 Å². The normalized spacial score (nSPS) is 26.4. The van der Waals surface area contributed by atoms with Gasteiger partial charge in [-0.2, -0.15) is 11.8 Å². The van der Waals surface area contributed by atoms with Crippen LogP contribution in [0, 0.1) is 5.92 Å². The molecule has 0 aromatic heterocycles. The number of rotatable bonds is 3. The van der Waals surface area contributed by atoms with Crippen molar-refractivity contribution in [2.45, 2.75) is 35.4 Å². The van der Waals surface area contributed by atoms with Gasteiger partial charge in [-0.05, 0) is 54.9 Å². The van der Waals surface area contributed by atoms with Gasteiger partial charge in [0, 0.05) is 22.9 Å². The van der Waals surface area contributed by atoms with Gasteiger partial charge in [0.1, 0.15) is 0 Å². The molecule has 3 aliphatic rings. The number of nitrogens with zero attached hydrogens (tertiary/aromatic N) is 1. The molecule has 0 radical (unpaired) electrons. The fourth-order valence-electron chi connectivity index (χ4n) is 3.65. The van der Waals surface area contributed by atoms with Crippen LogP contribution in [0.4, 0.5) is 5.69 Å². The molecule has 1 atom stereocenters. The lowest BCUT2D eigenvalue weighted by atomic mass is 10.0. The Morgan fingerprint density at radius 2 is 2.17 bits per heavy atom. The molecule has 4 rings (SSSR count). The van der Waals surface area contributed by atoms with Gasteiger partial charge in [0.25, 0.3) is 5.91 Å². The first kappa shape index (κ1) is 16.6. The molecular formula is C17H19ClN2O2S2. The summed E-state index contributed by atoms with van der Waals surface area (Å²) < 4.78 is 0. The third-order valence-electron chi connectivity index (χ3n) is 4.98. The molecule has 0 bridgehead atoms. The molecule has 0 saturated carbocycles. The van der Waals surface area contributed by atoms with Crippen LogP contribution in [0.15, 0.2) is 23.1 Å². The standard InChI is InChI=1S/C17H19ClN2O2S2/c18-12-1-2-14-13(9-12)20-15(21)3-6-17(20,24-14)16(22)19-10-11-4-7-23-8-5-11/h1-2,9,11H,3-8,10H2,(H,19,22). The van der Waals surface area contributed by atoms with E-state index in [9.17, 15) is 9.59 Å². The second-order valence-corrected chi connectivity index (χ2v) is 9.47. The third kappa shape index (κ3) is 2.72. The van der Waals surface area contributed by atoms with Crippen molar-refractivity contribution in [2.24, 2.45) is 5.92 Å². The van der Waals surface area contributed by atoms with Crippen molar-refractivity contribution in [3.05, 3.63) is 23.2 Å². The zero-order valence-corrected chi connectivity index (χ0v) is 15.6. The van der Waals surface area contributed by atoms with E-state index in [0.717, 1.165) is 23.4 Å². The van der Waals surface area contributed by atoms with E-state index >= 15 is 0 Å². The van der Waals surface area contributed by atoms with Gasteiger partial charge < -0.3 is 5.32 Å². The number of anilines is 1. The maximum atomic E-state index is 13.0. The first-order valence-corrected chi connectivity index (χ1v) is 10.6. The fourth-order valence-corrected chi connectivity index (χ4v) is 6.43. The molecule has 3 aliphatic heterocycles. The van der Waals surface area contributed by atoms with Gasteiger partial charge in [-0.25, -0.2) is 0 Å². The number of amides is 2. The SMILES string of the molecule is O=C1CCC2(C(=O)NCC3CCSCC3)Sc3ccc(Cl)cc3N12. The van der Waals surface area contributed by atoms with Crippen LogP contribution in [-0.2, 0) is 9.59 Å². The second-order valence-electron chi connectivity index (χ2n) is 6.49. The van der Waals surface area contributed by atoms with Crippen molar-refractivity contribution < 1.29 is 9.59 Å². The quantitative estimate of drug-likeness (QED) is 0.868. The highest BCUT2D eigenvalue weighted by Crippen LogP contribution is 2.56. The summed E-state index contributed by atoms with van der Waals surface area (Å²) in [5.41, 5.74) is 0.777. The molecule has 2 fully saturated rings. The summed E-state index contributed by atoms with van der Waals surface area (Å²) in [6.07, 6.45) is 3.27. The number of carbonyl (C=O) groups is 2. The van der Waals surface area contributed by atoms with Crippen LogP contribution < -0.4 is 10.2 Å². The third-order valence-corrected chi connectivity index (χ3v) is 7.73. The Kier molecular flexibility index (Phi) is 4.47. The van der Waals surface area contributed by atoms with E-state index in [1.165, 1.54) is 23.3 Å². The summed E-state index contributed by atoms with van der Waals surface area (Å²) in [4.78, 5) is 27.3. The Hall–Kier alpha value is -0.850. The number of hydrogen-bond acceptors (Lipinski definition) is 4. The van der Waals surface area contributed by atoms with E-state index in [2.05, 4.69) is 5.32 Å². The first-order valence-electron chi connectivity index (χ1n) is 8.28. The predicted molar refractivity (Wildman–Crippen MR) is 99.8 cm³/mol. The molecule has 0 spiro atoms. The summed E-state index contributed by atoms with van der Waals surface area (Å²) in [5, 5.41) is 3.72. The van der Waals surface area contributed by atoms with Crippen LogP contribution in [0.3, 0.4) is 0 Å². The fraction of sp³-hybridized carbons (Fsp3) is 0.529. The highest BCUT2D eigenvalue weighted by Gasteiger charge is 2.57. The molecule has 128 valence electrons. The number of thioether (sulfide) groups is 2. The van der Waals surface area contributed by atoms with Crippen molar-refractivity contribution in [3.8, 4) is 0 Å². The van der Waals surface area contributed by atoms with Crippen LogP contribution in [0.1, 0.15) is 25.7 Å². The molecule has 0 aliphatic carbocycles. The molecular weight excluding hydrogens is 364 g/mol. The average molecular weight is 383 g/mol. The number of benzene rings is 1. The molecule has 24 heavy (non-hydrogen) atoms. The first-order chi connectivity index (χ1) is 11.6. The second kappa shape index (κ2) is 6.46. The Balaban J connectivity index is 1.55. The Morgan fingerprint density at radius 3 is 2.96 bits per heavy atom. The molecule has 1 N–H and O–H groups in total. The van der Waals surface area contributed by atoms with E-state index in [1.54, 1.807) is 11.0 Å². The summed E-state index contributed by atoms with van der Waals surface area (Å²) in [6, 6.07) is 5.51. The van der Waals surface area contributed by atoms with Gasteiger partial charge in [-0.1, -0.05) is 23.4 Å². The van der Waals surface area contributed by atoms with Gasteiger partial charge >= 0.3 is 0 Å². The lowest BCUT2D eigenvalue weighted by Crippen LogP contribution is -2.53. The summed E-state index contributed by atoms with van der Waals surface area (Å²) in [6.45, 7) is 0.709. The zero-order valence-electron chi connectivity index (χ0n) is 13.2. The van der Waals surface area contributed by atoms with Gasteiger partial charge in [0.2, 0.25) is 5.91 Å². The number of carbonyl (C=O) groups excluding carboxylic acids is 2. The molecule has 1 aromatic carbocycles. The highest BCUT2D eigenvalue weighted by atomic mass is 35.5. The van der Waals surface area contributed by atoms with Crippen molar-refractivity contribution in [2.75, 3.05) is 23.0 Å². The van der Waals surface area contributed by atoms with Crippen LogP contribution >= 0.6 is 35.1 Å². The van der Waals surface area contributed by atoms with Crippen molar-refractivity contribution >= 4 is 52.6 Å². The van der Waals surface area contributed by atoms with Crippen molar-refractivity contribution in [3.63, 3.8) is 0 Å². The largest absolute Gasteiger partial charge is 0.353 e. The molecule has 4 nitrogen and oxygen atoms in total. The number of fused-ring (bicyclic) bond motifs is 3. The number of halogens is 1. The van der Waals surface area contributed by atoms with E-state index < -0.39 is 4.87 Å². The van der Waals surface area contributed by atoms with Gasteiger partial charge in [0.05, 0.1) is 5.69 Å². The lowest BCUT2D eigenvalue weighted by Gasteiger charge is -2.31. The number of hydrogen-bond donors (Lipinski definition) is 1. The van der Waals surface area contributed by atoms with E-state index in [4.69, 9.17) is 11.6 Å². The van der Waals surface area contributed by atoms with Gasteiger partial charge in [-0.15, -0.1) is 0 Å². The lowest BCUT2D eigenvalue weighted by molar-refractivity contribution is -0.125. The van der Waals surface area contributed by atoms with Crippen LogP contribution in [0.2, 0.25) is 5.02 Å². The smallest absolute Gasteiger partial charge is 0.257 e. The van der Waals surface area contributed by atoms with E-state index in [-0.39, 0.29) is 11.8 Å². The van der Waals surface area contributed by atoms with Crippen molar-refractivity contribution in [1.82, 2.24) is 5.32 Å². The molecule has 2 saturated heterocycles. The maximum Gasteiger partial charge on any atom is 0.257 e. The number of nitrogens with one attached hydrogen (secondary N) is 1. The van der Waals surface area contributed by atoms with Crippen molar-refractivity contribution in [1.29, 1.82) is 0 Å². The minimum absolute atomic E-state index is 0.00716. The molecule has 2 amide bonds. The molecule has 7 heteroatoms. The molecule has 1 unspecified atom stereocenters. The van der Waals surface area contributed by atoms with Crippen LogP contribution in [0.25, 0.3) is 0 Å². The Bertz CT molecular complexity index is 693. The highest BCUT2D eigenvalue weighted by molar-refractivity contribution is 8.02. The molecule has 1 aromatic rings. The summed E-state index contributed by atoms with van der Waals surface area (Å²) in [5.74, 6) is 2.88. The zero-order chi connectivity index (χ0) is 16.7. The minimum atomic E-state index is -0.826. The van der Waals surface area contributed by atoms with E-state index in [0.29, 0.717) is 30.3 Å². The molecule has 3 heterocycles. The monoisotopic (exact) mass is 382 g/mol. The van der Waals surface area contributed by atoms with E-state index in [1.807, 2.05) is 23.9 Å². The van der Waals surface area contributed by atoms with Crippen LogP contribution in [0.5, 0.6) is 0 Å². The topological polar surface area (TPSA) is 49.4 Å². The Morgan fingerprint density at radius 1 is 1.38 bits per heavy atom. The predicted octanol–water partition coefficient (Wildman–Crippen LogP) is 3.53. The van der Waals surface area contributed by atoms with Gasteiger partial charge in [0.15, 0.2) is 4.87 Å². The van der Waals surface area contributed by atoms with Crippen LogP contribution in [-0.4, -0.2) is 34.7 Å².